The van der Waals surface area contributed by atoms with E-state index in [1.54, 1.807) is 12.1 Å². The van der Waals surface area contributed by atoms with Crippen LogP contribution in [0, 0.1) is 5.92 Å². The molecular weight excluding hydrogens is 272 g/mol. The molecule has 0 aliphatic heterocycles. The number of ether oxygens (including phenoxy) is 1. The van der Waals surface area contributed by atoms with Gasteiger partial charge in [0.15, 0.2) is 0 Å². The monoisotopic (exact) mass is 297 g/mol. The topological polar surface area (TPSA) is 21.3 Å². The van der Waals surface area contributed by atoms with E-state index in [1.807, 2.05) is 12.1 Å². The van der Waals surface area contributed by atoms with Crippen molar-refractivity contribution in [2.75, 3.05) is 0 Å². The van der Waals surface area contributed by atoms with Gasteiger partial charge in [-0.3, -0.25) is 0 Å². The molecule has 1 aliphatic carbocycles. The molecule has 0 heterocycles. The molecule has 4 heteroatoms. The lowest BCUT2D eigenvalue weighted by Crippen LogP contribution is -2.33. The zero-order valence-corrected chi connectivity index (χ0v) is 12.7. The molecule has 0 saturated heterocycles. The molecule has 1 aromatic rings. The average molecular weight is 297 g/mol. The molecule has 0 aromatic heterocycles. The molecule has 2 nitrogen and oxygen atoms in total. The number of hydrogen-bond donors (Lipinski definition) is 1. The van der Waals surface area contributed by atoms with Gasteiger partial charge in [0.05, 0.1) is 0 Å². The fourth-order valence-electron chi connectivity index (χ4n) is 3.11. The van der Waals surface area contributed by atoms with Crippen molar-refractivity contribution >= 4 is 0 Å². The second-order valence-corrected chi connectivity index (χ2v) is 5.91. The van der Waals surface area contributed by atoms with Gasteiger partial charge >= 0.3 is 6.61 Å². The first-order valence-electron chi connectivity index (χ1n) is 7.93. The van der Waals surface area contributed by atoms with E-state index >= 15 is 0 Å². The maximum atomic E-state index is 12.4. The van der Waals surface area contributed by atoms with Crippen LogP contribution in [0.25, 0.3) is 0 Å². The number of hydrogen-bond acceptors (Lipinski definition) is 2. The molecule has 1 atom stereocenters. The van der Waals surface area contributed by atoms with Crippen molar-refractivity contribution in [3.63, 3.8) is 0 Å². The normalized spacial score (nSPS) is 18.5. The van der Waals surface area contributed by atoms with Gasteiger partial charge in [-0.2, -0.15) is 8.78 Å². The minimum Gasteiger partial charge on any atom is -0.434 e. The van der Waals surface area contributed by atoms with Crippen LogP contribution in [-0.2, 0) is 6.54 Å². The molecule has 0 radical (unpaired) electrons. The predicted octanol–water partition coefficient (Wildman–Crippen LogP) is 4.74. The highest BCUT2D eigenvalue weighted by atomic mass is 19.3. The molecule has 0 spiro atoms. The van der Waals surface area contributed by atoms with Crippen molar-refractivity contribution in [2.45, 2.75) is 64.6 Å². The summed E-state index contributed by atoms with van der Waals surface area (Å²) in [5.74, 6) is 0.962. The zero-order valence-electron chi connectivity index (χ0n) is 12.7. The third-order valence-corrected chi connectivity index (χ3v) is 4.41. The van der Waals surface area contributed by atoms with Gasteiger partial charge in [-0.15, -0.1) is 0 Å². The van der Waals surface area contributed by atoms with Gasteiger partial charge in [-0.05, 0) is 31.7 Å². The van der Waals surface area contributed by atoms with Crippen LogP contribution < -0.4 is 10.1 Å². The summed E-state index contributed by atoms with van der Waals surface area (Å²) in [6, 6.07) is 7.41. The number of rotatable bonds is 6. The third kappa shape index (κ3) is 5.27. The Balaban J connectivity index is 1.89. The second-order valence-electron chi connectivity index (χ2n) is 5.91. The van der Waals surface area contributed by atoms with Crippen LogP contribution in [0.5, 0.6) is 5.75 Å². The first-order chi connectivity index (χ1) is 10.2. The molecular formula is C17H25F2NO. The van der Waals surface area contributed by atoms with Gasteiger partial charge in [-0.1, -0.05) is 43.9 Å². The van der Waals surface area contributed by atoms with E-state index in [0.29, 0.717) is 18.5 Å². The van der Waals surface area contributed by atoms with Gasteiger partial charge in [0.2, 0.25) is 0 Å². The Morgan fingerprint density at radius 3 is 2.48 bits per heavy atom. The van der Waals surface area contributed by atoms with Crippen molar-refractivity contribution in [1.29, 1.82) is 0 Å². The Morgan fingerprint density at radius 2 is 1.81 bits per heavy atom. The maximum Gasteiger partial charge on any atom is 0.387 e. The minimum atomic E-state index is -2.77. The van der Waals surface area contributed by atoms with Crippen LogP contribution in [0.15, 0.2) is 24.3 Å². The molecule has 1 aliphatic rings. The Morgan fingerprint density at radius 1 is 1.14 bits per heavy atom. The number of nitrogens with one attached hydrogen (secondary N) is 1. The number of halogens is 2. The van der Waals surface area contributed by atoms with Gasteiger partial charge in [0.25, 0.3) is 0 Å². The lowest BCUT2D eigenvalue weighted by atomic mass is 9.93. The summed E-state index contributed by atoms with van der Waals surface area (Å²) in [7, 11) is 0. The summed E-state index contributed by atoms with van der Waals surface area (Å²) in [5.41, 5.74) is 0.790. The summed E-state index contributed by atoms with van der Waals surface area (Å²) in [6.45, 7) is -0.00179. The standard InChI is InChI=1S/C17H25F2NO/c1-13(14-8-4-2-3-5-9-14)20-12-15-10-6-7-11-16(15)21-17(18)19/h6-7,10-11,13-14,17,20H,2-5,8-9,12H2,1H3/t13-/m0/s1. The second kappa shape index (κ2) is 8.32. The van der Waals surface area contributed by atoms with Gasteiger partial charge < -0.3 is 10.1 Å². The van der Waals surface area contributed by atoms with E-state index < -0.39 is 6.61 Å². The van der Waals surface area contributed by atoms with Gasteiger partial charge in [0.1, 0.15) is 5.75 Å². The highest BCUT2D eigenvalue weighted by Gasteiger charge is 2.19. The number of para-hydroxylation sites is 1. The largest absolute Gasteiger partial charge is 0.434 e. The highest BCUT2D eigenvalue weighted by Crippen LogP contribution is 2.26. The number of alkyl halides is 2. The van der Waals surface area contributed by atoms with Crippen LogP contribution in [0.2, 0.25) is 0 Å². The van der Waals surface area contributed by atoms with E-state index in [2.05, 4.69) is 17.0 Å². The first kappa shape index (κ1) is 16.2. The third-order valence-electron chi connectivity index (χ3n) is 4.41. The molecule has 1 aromatic carbocycles. The summed E-state index contributed by atoms with van der Waals surface area (Å²) >= 11 is 0. The SMILES string of the molecule is C[C@H](NCc1ccccc1OC(F)F)C1CCCCCC1. The maximum absolute atomic E-state index is 12.4. The highest BCUT2D eigenvalue weighted by molar-refractivity contribution is 5.33. The lowest BCUT2D eigenvalue weighted by molar-refractivity contribution is -0.0505. The Kier molecular flexibility index (Phi) is 6.43. The molecule has 21 heavy (non-hydrogen) atoms. The summed E-state index contributed by atoms with van der Waals surface area (Å²) in [6.07, 6.45) is 7.83. The first-order valence-corrected chi connectivity index (χ1v) is 7.93. The Bertz CT molecular complexity index is 417. The van der Waals surface area contributed by atoms with E-state index in [0.717, 1.165) is 5.56 Å². The summed E-state index contributed by atoms with van der Waals surface area (Å²) in [5, 5.41) is 3.49. The van der Waals surface area contributed by atoms with E-state index in [9.17, 15) is 8.78 Å². The Labute approximate surface area is 125 Å². The van der Waals surface area contributed by atoms with Crippen molar-refractivity contribution in [1.82, 2.24) is 5.32 Å². The smallest absolute Gasteiger partial charge is 0.387 e. The molecule has 1 N–H and O–H groups in total. The van der Waals surface area contributed by atoms with Gasteiger partial charge in [-0.25, -0.2) is 0 Å². The molecule has 1 fully saturated rings. The molecule has 2 rings (SSSR count). The summed E-state index contributed by atoms with van der Waals surface area (Å²) in [4.78, 5) is 0. The zero-order chi connectivity index (χ0) is 15.1. The fraction of sp³-hybridized carbons (Fsp3) is 0.647. The molecule has 0 amide bonds. The van der Waals surface area contributed by atoms with E-state index in [1.165, 1.54) is 38.5 Å². The van der Waals surface area contributed by atoms with Crippen LogP contribution in [0.4, 0.5) is 8.78 Å². The van der Waals surface area contributed by atoms with Crippen molar-refractivity contribution in [2.24, 2.45) is 5.92 Å². The molecule has 0 unspecified atom stereocenters. The predicted molar refractivity (Wildman–Crippen MR) is 80.6 cm³/mol. The lowest BCUT2D eigenvalue weighted by Gasteiger charge is -2.24. The van der Waals surface area contributed by atoms with Gasteiger partial charge in [0, 0.05) is 18.2 Å². The average Bonchev–Trinajstić information content (AvgIpc) is 2.74. The summed E-state index contributed by atoms with van der Waals surface area (Å²) < 4.78 is 29.4. The van der Waals surface area contributed by atoms with Crippen LogP contribution in [0.3, 0.4) is 0 Å². The van der Waals surface area contributed by atoms with Crippen molar-refractivity contribution < 1.29 is 13.5 Å². The van der Waals surface area contributed by atoms with Crippen molar-refractivity contribution in [3.05, 3.63) is 29.8 Å². The molecule has 1 saturated carbocycles. The van der Waals surface area contributed by atoms with Crippen LogP contribution >= 0.6 is 0 Å². The van der Waals surface area contributed by atoms with Crippen LogP contribution in [-0.4, -0.2) is 12.7 Å². The number of benzene rings is 1. The molecule has 118 valence electrons. The quantitative estimate of drug-likeness (QED) is 0.766. The fourth-order valence-corrected chi connectivity index (χ4v) is 3.11. The van der Waals surface area contributed by atoms with E-state index in [4.69, 9.17) is 0 Å². The van der Waals surface area contributed by atoms with E-state index in [-0.39, 0.29) is 5.75 Å². The Hall–Kier alpha value is -1.16. The van der Waals surface area contributed by atoms with Crippen molar-refractivity contribution in [3.8, 4) is 5.75 Å². The minimum absolute atomic E-state index is 0.271. The molecule has 0 bridgehead atoms. The van der Waals surface area contributed by atoms with Crippen LogP contribution in [0.1, 0.15) is 51.0 Å².